The second kappa shape index (κ2) is 13.3. The molecule has 1 aliphatic rings. The van der Waals surface area contributed by atoms with E-state index in [9.17, 15) is 9.67 Å². The highest BCUT2D eigenvalue weighted by Gasteiger charge is 2.54. The quantitative estimate of drug-likeness (QED) is 0.242. The van der Waals surface area contributed by atoms with E-state index in [-0.39, 0.29) is 22.0 Å². The molecule has 0 radical (unpaired) electrons. The van der Waals surface area contributed by atoms with Crippen LogP contribution in [-0.4, -0.2) is 35.9 Å². The maximum Gasteiger partial charge on any atom is 0.262 e. The predicted octanol–water partition coefficient (Wildman–Crippen LogP) is 5.69. The van der Waals surface area contributed by atoms with Gasteiger partial charge in [0.1, 0.15) is 18.3 Å². The molecule has 1 N–H and O–H groups in total. The molecular weight excluding hydrogens is 511 g/mol. The summed E-state index contributed by atoms with van der Waals surface area (Å²) in [6.07, 6.45) is -4.89. The lowest BCUT2D eigenvalue weighted by atomic mass is 10.1. The first kappa shape index (κ1) is 20.8. The topological polar surface area (TPSA) is 74.2 Å². The van der Waals surface area contributed by atoms with Crippen molar-refractivity contribution >= 4 is 12.7 Å². The van der Waals surface area contributed by atoms with Crippen LogP contribution < -0.4 is 5.30 Å². The number of aliphatic hydroxyl groups is 1. The molecule has 6 nitrogen and oxygen atoms in total. The minimum absolute atomic E-state index is 0.0938. The van der Waals surface area contributed by atoms with Crippen LogP contribution >= 0.6 is 7.37 Å². The van der Waals surface area contributed by atoms with Crippen molar-refractivity contribution in [2.75, 3.05) is 6.61 Å². The molecule has 5 rings (SSSR count). The van der Waals surface area contributed by atoms with Gasteiger partial charge in [-0.1, -0.05) is 109 Å². The van der Waals surface area contributed by atoms with Crippen molar-refractivity contribution in [3.63, 3.8) is 0 Å². The van der Waals surface area contributed by atoms with Crippen LogP contribution in [0.2, 0.25) is 0 Å². The summed E-state index contributed by atoms with van der Waals surface area (Å²) in [5.41, 5.74) is 0.397. The van der Waals surface area contributed by atoms with Crippen LogP contribution in [0.3, 0.4) is 0 Å². The smallest absolute Gasteiger partial charge is 0.262 e. The summed E-state index contributed by atoms with van der Waals surface area (Å²) in [5.74, 6) is -2.00. The van der Waals surface area contributed by atoms with E-state index in [2.05, 4.69) is 0 Å². The Bertz CT molecular complexity index is 1580. The Hall–Kier alpha value is -3.09. The van der Waals surface area contributed by atoms with Gasteiger partial charge >= 0.3 is 0 Å². The molecule has 0 aliphatic carbocycles. The van der Waals surface area contributed by atoms with Crippen LogP contribution in [0.15, 0.2) is 121 Å². The standard InChI is InChI=1S/C32H33O6P/c33-32-31(37-23-27-17-9-3-10-18-27)30(36-22-26-15-7-2-8-16-26)29(24-35-21-25-13-5-1-6-14-25)38-39(32,34)28-19-11-4-12-20-28/h1-20,29-33H,21-24H2/t29-,30-,31+,32+,39+/m1/s1/i21D2,22D2,23D2. The van der Waals surface area contributed by atoms with Crippen LogP contribution in [0, 0.1) is 0 Å². The van der Waals surface area contributed by atoms with Crippen molar-refractivity contribution in [3.8, 4) is 0 Å². The van der Waals surface area contributed by atoms with Gasteiger partial charge in [-0.2, -0.15) is 0 Å². The fraction of sp³-hybridized carbons (Fsp3) is 0.250. The van der Waals surface area contributed by atoms with Gasteiger partial charge in [-0.05, 0) is 28.8 Å². The van der Waals surface area contributed by atoms with E-state index in [1.807, 2.05) is 0 Å². The van der Waals surface area contributed by atoms with Crippen molar-refractivity contribution < 1.29 is 36.6 Å². The normalized spacial score (nSPS) is 28.2. The number of ether oxygens (including phenoxy) is 3. The van der Waals surface area contributed by atoms with E-state index in [1.165, 1.54) is 48.5 Å². The minimum Gasteiger partial charge on any atom is -0.380 e. The molecule has 4 aromatic carbocycles. The Labute approximate surface area is 238 Å². The van der Waals surface area contributed by atoms with E-state index in [0.29, 0.717) is 0 Å². The van der Waals surface area contributed by atoms with Gasteiger partial charge in [0.25, 0.3) is 7.37 Å². The van der Waals surface area contributed by atoms with Crippen LogP contribution in [0.5, 0.6) is 0 Å². The predicted molar refractivity (Wildman–Crippen MR) is 151 cm³/mol. The highest BCUT2D eigenvalue weighted by Crippen LogP contribution is 2.57. The summed E-state index contributed by atoms with van der Waals surface area (Å²) in [6.45, 7) is -8.05. The molecule has 1 aliphatic heterocycles. The monoisotopic (exact) mass is 550 g/mol. The summed E-state index contributed by atoms with van der Waals surface area (Å²) in [5, 5.41) is 11.8. The molecule has 39 heavy (non-hydrogen) atoms. The van der Waals surface area contributed by atoms with Crippen LogP contribution in [-0.2, 0) is 43.0 Å². The largest absolute Gasteiger partial charge is 0.380 e. The Balaban J connectivity index is 1.59. The second-order valence-corrected chi connectivity index (χ2v) is 11.3. The van der Waals surface area contributed by atoms with Gasteiger partial charge < -0.3 is 23.8 Å². The van der Waals surface area contributed by atoms with E-state index in [0.717, 1.165) is 0 Å². The minimum atomic E-state index is -4.32. The number of benzene rings is 4. The number of rotatable bonds is 11. The van der Waals surface area contributed by atoms with E-state index >= 15 is 0 Å². The SMILES string of the molecule is [2H]C([2H])(OC[C@H]1O[P@@](=O)(c2ccccc2)[C@H](O)[C@@H](OC([2H])([2H])c2ccccc2)[C@@H]1OC([2H])([2H])c1ccccc1)c1ccccc1. The maximum atomic E-state index is 14.6. The lowest BCUT2D eigenvalue weighted by Crippen LogP contribution is -2.55. The van der Waals surface area contributed by atoms with Crippen molar-refractivity contribution in [2.45, 2.75) is 43.8 Å². The van der Waals surface area contributed by atoms with Crippen LogP contribution in [0.4, 0.5) is 0 Å². The van der Waals surface area contributed by atoms with Crippen molar-refractivity contribution in [1.82, 2.24) is 0 Å². The first-order valence-corrected chi connectivity index (χ1v) is 14.2. The van der Waals surface area contributed by atoms with Crippen molar-refractivity contribution in [1.29, 1.82) is 0 Å². The zero-order valence-corrected chi connectivity index (χ0v) is 21.9. The highest BCUT2D eigenvalue weighted by atomic mass is 31.2. The molecule has 7 heteroatoms. The molecule has 4 aromatic rings. The molecule has 1 saturated heterocycles. The molecule has 0 unspecified atom stereocenters. The average Bonchev–Trinajstić information content (AvgIpc) is 3.05. The Morgan fingerprint density at radius 1 is 0.667 bits per heavy atom. The molecule has 1 heterocycles. The Morgan fingerprint density at radius 2 is 1.10 bits per heavy atom. The zero-order chi connectivity index (χ0) is 32.3. The molecule has 0 bridgehead atoms. The lowest BCUT2D eigenvalue weighted by Gasteiger charge is -2.44. The van der Waals surface area contributed by atoms with Crippen molar-refractivity contribution in [3.05, 3.63) is 138 Å². The third-order valence-electron chi connectivity index (χ3n) is 6.13. The molecule has 0 saturated carbocycles. The van der Waals surface area contributed by atoms with Crippen LogP contribution in [0.1, 0.15) is 24.9 Å². The zero-order valence-electron chi connectivity index (χ0n) is 27.0. The second-order valence-electron chi connectivity index (χ2n) is 8.87. The van der Waals surface area contributed by atoms with E-state index in [4.69, 9.17) is 27.0 Å². The summed E-state index contributed by atoms with van der Waals surface area (Å²) in [7, 11) is -4.32. The number of hydrogen-bond donors (Lipinski definition) is 1. The van der Waals surface area contributed by atoms with Gasteiger partial charge in [0.2, 0.25) is 0 Å². The molecule has 1 fully saturated rings. The average molecular weight is 551 g/mol. The molecule has 0 spiro atoms. The van der Waals surface area contributed by atoms with Gasteiger partial charge in [-0.25, -0.2) is 0 Å². The summed E-state index contributed by atoms with van der Waals surface area (Å²) < 4.78 is 90.4. The highest BCUT2D eigenvalue weighted by molar-refractivity contribution is 7.67. The van der Waals surface area contributed by atoms with Crippen molar-refractivity contribution in [2.24, 2.45) is 0 Å². The Kier molecular flexibility index (Phi) is 7.09. The molecule has 5 atom stereocenters. The van der Waals surface area contributed by atoms with Gasteiger partial charge in [0, 0.05) is 5.30 Å². The third-order valence-corrected chi connectivity index (χ3v) is 8.72. The fourth-order valence-corrected chi connectivity index (χ4v) is 6.48. The molecule has 0 aromatic heterocycles. The summed E-state index contributed by atoms with van der Waals surface area (Å²) >= 11 is 0. The number of hydrogen-bond acceptors (Lipinski definition) is 6. The molecule has 0 amide bonds. The molecule has 202 valence electrons. The fourth-order valence-electron chi connectivity index (χ4n) is 4.14. The van der Waals surface area contributed by atoms with Gasteiger partial charge in [0.15, 0.2) is 5.85 Å². The summed E-state index contributed by atoms with van der Waals surface area (Å²) in [4.78, 5) is 0. The van der Waals surface area contributed by atoms with Gasteiger partial charge in [-0.15, -0.1) is 0 Å². The van der Waals surface area contributed by atoms with Crippen LogP contribution in [0.25, 0.3) is 0 Å². The van der Waals surface area contributed by atoms with E-state index in [1.54, 1.807) is 72.8 Å². The van der Waals surface area contributed by atoms with E-state index < -0.39 is 57.8 Å². The Morgan fingerprint density at radius 3 is 1.62 bits per heavy atom. The lowest BCUT2D eigenvalue weighted by molar-refractivity contribution is -0.174. The van der Waals surface area contributed by atoms with Gasteiger partial charge in [-0.3, -0.25) is 4.57 Å². The third kappa shape index (κ3) is 6.92. The first-order chi connectivity index (χ1) is 21.3. The first-order valence-electron chi connectivity index (χ1n) is 15.5. The number of aliphatic hydroxyl groups excluding tert-OH is 1. The maximum absolute atomic E-state index is 14.6. The summed E-state index contributed by atoms with van der Waals surface area (Å²) in [6, 6.07) is 31.7. The van der Waals surface area contributed by atoms with Gasteiger partial charge in [0.05, 0.1) is 34.5 Å². The molecular formula is C32H33O6P.